The Morgan fingerprint density at radius 2 is 1.67 bits per heavy atom. The molecule has 0 aliphatic carbocycles. The van der Waals surface area contributed by atoms with E-state index in [1.165, 1.54) is 6.07 Å². The molecule has 2 aromatic carbocycles. The lowest BCUT2D eigenvalue weighted by atomic mass is 9.71. The number of rotatable bonds is 16. The van der Waals surface area contributed by atoms with Crippen molar-refractivity contribution in [2.45, 2.75) is 110 Å². The first-order chi connectivity index (χ1) is 30.2. The van der Waals surface area contributed by atoms with Crippen LogP contribution in [0.3, 0.4) is 0 Å². The number of pyridine rings is 1. The molecule has 5 amide bonds. The Labute approximate surface area is 371 Å². The quantitative estimate of drug-likeness (QED) is 0.0975. The summed E-state index contributed by atoms with van der Waals surface area (Å²) in [5.41, 5.74) is 0.435. The van der Waals surface area contributed by atoms with Crippen LogP contribution in [0.4, 0.5) is 24.5 Å². The molecule has 0 bridgehead atoms. The van der Waals surface area contributed by atoms with Crippen LogP contribution in [-0.2, 0) is 26.2 Å². The summed E-state index contributed by atoms with van der Waals surface area (Å²) in [4.78, 5) is 71.2. The van der Waals surface area contributed by atoms with Crippen molar-refractivity contribution in [1.29, 1.82) is 0 Å². The molecule has 6 rings (SSSR count). The Morgan fingerprint density at radius 1 is 0.969 bits per heavy atom. The van der Waals surface area contributed by atoms with E-state index < -0.39 is 46.9 Å². The van der Waals surface area contributed by atoms with E-state index in [9.17, 15) is 42.3 Å². The number of carbonyl (C=O) groups excluding carboxylic acids is 5. The Balaban J connectivity index is 1.02. The highest BCUT2D eigenvalue weighted by atomic mass is 19.4. The van der Waals surface area contributed by atoms with Gasteiger partial charge in [0.15, 0.2) is 0 Å². The average Bonchev–Trinajstić information content (AvgIpc) is 3.68. The summed E-state index contributed by atoms with van der Waals surface area (Å²) in [5.74, 6) is -1.58. The van der Waals surface area contributed by atoms with Crippen molar-refractivity contribution in [3.8, 4) is 0 Å². The Morgan fingerprint density at radius 3 is 2.28 bits per heavy atom. The van der Waals surface area contributed by atoms with E-state index in [0.717, 1.165) is 92.9 Å². The van der Waals surface area contributed by atoms with Crippen molar-refractivity contribution in [1.82, 2.24) is 29.9 Å². The number of hydrogen-bond donors (Lipinski definition) is 3. The van der Waals surface area contributed by atoms with E-state index in [2.05, 4.69) is 39.3 Å². The highest BCUT2D eigenvalue weighted by Crippen LogP contribution is 2.40. The Hall–Kier alpha value is -5.68. The summed E-state index contributed by atoms with van der Waals surface area (Å²) < 4.78 is 41.8. The fourth-order valence-electron chi connectivity index (χ4n) is 9.08. The predicted molar refractivity (Wildman–Crippen MR) is 237 cm³/mol. The molecule has 0 spiro atoms. The minimum Gasteiger partial charge on any atom is -0.386 e. The molecule has 2 aliphatic heterocycles. The fraction of sp³-hybridized carbons (Fsp3) is 0.511. The molecule has 2 fully saturated rings. The number of nitrogens with one attached hydrogen (secondary N) is 2. The summed E-state index contributed by atoms with van der Waals surface area (Å²) in [6.45, 7) is 16.0. The highest BCUT2D eigenvalue weighted by molar-refractivity contribution is 6.06. The van der Waals surface area contributed by atoms with E-state index in [4.69, 9.17) is 5.10 Å². The predicted octanol–water partition coefficient (Wildman–Crippen LogP) is 7.25. The monoisotopic (exact) mass is 888 g/mol. The Bertz CT molecular complexity index is 2340. The van der Waals surface area contributed by atoms with E-state index in [1.807, 2.05) is 36.9 Å². The van der Waals surface area contributed by atoms with Gasteiger partial charge in [0.05, 0.1) is 17.2 Å². The summed E-state index contributed by atoms with van der Waals surface area (Å²) in [6, 6.07) is 11.1. The van der Waals surface area contributed by atoms with Gasteiger partial charge in [0.25, 0.3) is 11.8 Å². The number of amides is 5. The number of aromatic nitrogens is 3. The molecule has 2 aromatic heterocycles. The van der Waals surface area contributed by atoms with E-state index in [0.29, 0.717) is 41.0 Å². The van der Waals surface area contributed by atoms with Crippen molar-refractivity contribution < 1.29 is 42.3 Å². The molecular weight excluding hydrogens is 830 g/mol. The van der Waals surface area contributed by atoms with Gasteiger partial charge in [-0.2, -0.15) is 18.3 Å². The maximum Gasteiger partial charge on any atom is 0.433 e. The van der Waals surface area contributed by atoms with E-state index in [1.54, 1.807) is 32.0 Å². The number of hydrogen-bond acceptors (Lipinski definition) is 10. The third-order valence-electron chi connectivity index (χ3n) is 13.0. The third kappa shape index (κ3) is 11.0. The number of nitrogens with zero attached hydrogens (tertiary/aromatic N) is 6. The second-order valence-corrected chi connectivity index (χ2v) is 18.3. The molecule has 1 atom stereocenters. The van der Waals surface area contributed by atoms with Crippen molar-refractivity contribution in [3.63, 3.8) is 0 Å². The molecule has 2 aliphatic rings. The zero-order valence-electron chi connectivity index (χ0n) is 37.4. The molecule has 17 heteroatoms. The molecule has 3 N–H and O–H groups in total. The number of benzene rings is 2. The minimum atomic E-state index is -4.70. The maximum atomic E-state index is 13.5. The number of anilines is 2. The molecule has 344 valence electrons. The maximum absolute atomic E-state index is 13.5. The number of aryl methyl sites for hydroxylation is 1. The second-order valence-electron chi connectivity index (χ2n) is 18.3. The lowest BCUT2D eigenvalue weighted by Gasteiger charge is -2.43. The van der Waals surface area contributed by atoms with Gasteiger partial charge in [-0.3, -0.25) is 38.9 Å². The van der Waals surface area contributed by atoms with Crippen LogP contribution >= 0.6 is 0 Å². The van der Waals surface area contributed by atoms with Gasteiger partial charge >= 0.3 is 6.18 Å². The summed E-state index contributed by atoms with van der Waals surface area (Å²) in [5, 5.41) is 21.3. The van der Waals surface area contributed by atoms with Crippen LogP contribution in [0, 0.1) is 18.3 Å². The summed E-state index contributed by atoms with van der Waals surface area (Å²) in [7, 11) is 0. The number of fused-ring (bicyclic) bond motifs is 1. The van der Waals surface area contributed by atoms with Gasteiger partial charge in [0.1, 0.15) is 17.4 Å². The largest absolute Gasteiger partial charge is 0.433 e. The number of piperidine rings is 2. The number of aliphatic hydroxyl groups is 1. The normalized spacial score (nSPS) is 16.4. The van der Waals surface area contributed by atoms with Gasteiger partial charge in [-0.15, -0.1) is 0 Å². The van der Waals surface area contributed by atoms with Crippen LogP contribution in [0.2, 0.25) is 0 Å². The molecular formula is C47H59F3N8O6. The number of alkyl halides is 3. The molecule has 4 aromatic rings. The van der Waals surface area contributed by atoms with Gasteiger partial charge in [0, 0.05) is 60.3 Å². The van der Waals surface area contributed by atoms with Crippen LogP contribution in [0.25, 0.3) is 10.9 Å². The molecule has 64 heavy (non-hydrogen) atoms. The molecule has 0 radical (unpaired) electrons. The molecule has 2 saturated heterocycles. The third-order valence-corrected chi connectivity index (χ3v) is 13.0. The van der Waals surface area contributed by atoms with Crippen LogP contribution in [0.5, 0.6) is 0 Å². The van der Waals surface area contributed by atoms with E-state index >= 15 is 0 Å². The molecule has 14 nitrogen and oxygen atoms in total. The second kappa shape index (κ2) is 19.6. The van der Waals surface area contributed by atoms with Crippen molar-refractivity contribution in [3.05, 3.63) is 82.8 Å². The number of carbonyl (C=O) groups is 5. The minimum absolute atomic E-state index is 0.112. The van der Waals surface area contributed by atoms with Crippen LogP contribution in [0.1, 0.15) is 123 Å². The first-order valence-corrected chi connectivity index (χ1v) is 21.9. The fourth-order valence-corrected chi connectivity index (χ4v) is 9.08. The van der Waals surface area contributed by atoms with Crippen LogP contribution in [0.15, 0.2) is 54.7 Å². The first kappa shape index (κ1) is 47.8. The topological polar surface area (TPSA) is 170 Å². The first-order valence-electron chi connectivity index (χ1n) is 21.9. The standard InChI is InChI=1S/C47H59F3N8O6/c1-7-9-40(43(62)51-28-59)57(29-60)44(63)35-13-12-34(24-30(35)2)56-21-14-32(15-22-56)45(3,4)18-23-55-19-16-33(17-20-55)58-27-31-25-39(36(46(5,6)64)26-38(31)54-58)53-42(61)37-10-8-11-41(52-37)47(48,49)50/h8,10-13,24-29,32-33,40,64H,7,9,14-23H2,1-6H3,(H,53,61)(H,51,59,62). The highest BCUT2D eigenvalue weighted by Gasteiger charge is 2.36. The van der Waals surface area contributed by atoms with Crippen molar-refractivity contribution in [2.75, 3.05) is 42.9 Å². The van der Waals surface area contributed by atoms with Crippen molar-refractivity contribution >= 4 is 52.8 Å². The summed E-state index contributed by atoms with van der Waals surface area (Å²) >= 11 is 0. The van der Waals surface area contributed by atoms with Gasteiger partial charge in [-0.25, -0.2) is 4.98 Å². The van der Waals surface area contributed by atoms with E-state index in [-0.39, 0.29) is 30.0 Å². The zero-order chi connectivity index (χ0) is 46.6. The van der Waals surface area contributed by atoms with Crippen molar-refractivity contribution in [2.24, 2.45) is 11.3 Å². The van der Waals surface area contributed by atoms with Gasteiger partial charge < -0.3 is 20.2 Å². The number of imide groups is 2. The lowest BCUT2D eigenvalue weighted by Crippen LogP contribution is -2.48. The van der Waals surface area contributed by atoms with Crippen LogP contribution in [-0.4, -0.2) is 99.0 Å². The number of halogens is 3. The zero-order valence-corrected chi connectivity index (χ0v) is 37.4. The van der Waals surface area contributed by atoms with Gasteiger partial charge in [0.2, 0.25) is 18.7 Å². The number of likely N-dealkylation sites (tertiary alicyclic amines) is 1. The average molecular weight is 889 g/mol. The molecule has 0 saturated carbocycles. The van der Waals surface area contributed by atoms with Gasteiger partial charge in [-0.1, -0.05) is 33.3 Å². The van der Waals surface area contributed by atoms with Gasteiger partial charge in [-0.05, 0) is 125 Å². The van der Waals surface area contributed by atoms with Crippen LogP contribution < -0.4 is 15.5 Å². The lowest BCUT2D eigenvalue weighted by molar-refractivity contribution is -0.141. The molecule has 1 unspecified atom stereocenters. The smallest absolute Gasteiger partial charge is 0.386 e. The molecule has 4 heterocycles. The summed E-state index contributed by atoms with van der Waals surface area (Å²) in [6.07, 6.45) is 3.46. The SMILES string of the molecule is CCCC(C(=O)NC=O)N(C=O)C(=O)c1ccc(N2CCC(C(C)(C)CCN3CCC(n4cc5cc(NC(=O)c6cccc(C(F)(F)F)n6)c(C(C)(C)O)cc5n4)CC3)CC2)cc1C. The Kier molecular flexibility index (Phi) is 14.6.